The van der Waals surface area contributed by atoms with E-state index >= 15 is 0 Å². The fourth-order valence-electron chi connectivity index (χ4n) is 4.05. The van der Waals surface area contributed by atoms with Crippen LogP contribution in [0.5, 0.6) is 0 Å². The monoisotopic (exact) mass is 252 g/mol. The molecule has 0 heterocycles. The third-order valence-corrected chi connectivity index (χ3v) is 5.97. The molecule has 0 saturated heterocycles. The van der Waals surface area contributed by atoms with Crippen molar-refractivity contribution in [2.45, 2.75) is 78.7 Å². The predicted octanol–water partition coefficient (Wildman–Crippen LogP) is 4.32. The first-order chi connectivity index (χ1) is 8.41. The molecule has 0 aromatic carbocycles. The molecule has 104 valence electrons. The number of esters is 1. The smallest absolute Gasteiger partial charge is 0.306 e. The van der Waals surface area contributed by atoms with E-state index in [1.54, 1.807) is 0 Å². The van der Waals surface area contributed by atoms with E-state index in [1.807, 2.05) is 0 Å². The topological polar surface area (TPSA) is 26.3 Å². The molecule has 2 bridgehead atoms. The third-order valence-electron chi connectivity index (χ3n) is 5.97. The van der Waals surface area contributed by atoms with Crippen molar-refractivity contribution in [3.05, 3.63) is 0 Å². The van der Waals surface area contributed by atoms with Crippen molar-refractivity contribution in [1.29, 1.82) is 0 Å². The maximum Gasteiger partial charge on any atom is 0.306 e. The first kappa shape index (κ1) is 13.9. The Kier molecular flexibility index (Phi) is 3.75. The van der Waals surface area contributed by atoms with Crippen LogP contribution in [0.1, 0.15) is 72.6 Å². The van der Waals surface area contributed by atoms with Gasteiger partial charge in [0.15, 0.2) is 0 Å². The first-order valence-corrected chi connectivity index (χ1v) is 7.61. The van der Waals surface area contributed by atoms with Crippen molar-refractivity contribution in [3.63, 3.8) is 0 Å². The molecule has 0 aromatic heterocycles. The van der Waals surface area contributed by atoms with Crippen LogP contribution in [-0.2, 0) is 9.53 Å². The highest BCUT2D eigenvalue weighted by molar-refractivity contribution is 5.69. The Morgan fingerprint density at radius 3 is 2.50 bits per heavy atom. The lowest BCUT2D eigenvalue weighted by atomic mass is 9.70. The average molecular weight is 252 g/mol. The van der Waals surface area contributed by atoms with Crippen molar-refractivity contribution in [3.8, 4) is 0 Å². The van der Waals surface area contributed by atoms with Gasteiger partial charge in [0, 0.05) is 11.8 Å². The van der Waals surface area contributed by atoms with Crippen molar-refractivity contribution in [2.75, 3.05) is 0 Å². The van der Waals surface area contributed by atoms with Gasteiger partial charge >= 0.3 is 5.97 Å². The van der Waals surface area contributed by atoms with Crippen LogP contribution in [0, 0.1) is 16.7 Å². The molecule has 2 aliphatic carbocycles. The molecule has 0 spiro atoms. The number of unbranched alkanes of at least 4 members (excludes halogenated alkanes) is 2. The molecule has 0 aromatic rings. The number of hydrogen-bond acceptors (Lipinski definition) is 2. The van der Waals surface area contributed by atoms with Crippen LogP contribution in [0.3, 0.4) is 0 Å². The molecule has 18 heavy (non-hydrogen) atoms. The normalized spacial score (nSPS) is 36.9. The Bertz CT molecular complexity index is 321. The molecule has 2 unspecified atom stereocenters. The van der Waals surface area contributed by atoms with Crippen LogP contribution in [0.2, 0.25) is 0 Å². The molecule has 2 rings (SSSR count). The van der Waals surface area contributed by atoms with E-state index in [1.165, 1.54) is 12.8 Å². The summed E-state index contributed by atoms with van der Waals surface area (Å²) in [6.45, 7) is 9.19. The highest BCUT2D eigenvalue weighted by Crippen LogP contribution is 2.66. The van der Waals surface area contributed by atoms with Gasteiger partial charge in [0.2, 0.25) is 0 Å². The molecule has 0 N–H and O–H groups in total. The molecule has 2 fully saturated rings. The molecule has 0 aliphatic heterocycles. The van der Waals surface area contributed by atoms with Crippen LogP contribution >= 0.6 is 0 Å². The van der Waals surface area contributed by atoms with Gasteiger partial charge in [0.25, 0.3) is 0 Å². The predicted molar refractivity (Wildman–Crippen MR) is 73.3 cm³/mol. The van der Waals surface area contributed by atoms with E-state index in [0.717, 1.165) is 31.6 Å². The van der Waals surface area contributed by atoms with Crippen molar-refractivity contribution < 1.29 is 9.53 Å². The lowest BCUT2D eigenvalue weighted by Crippen LogP contribution is -2.38. The highest BCUT2D eigenvalue weighted by atomic mass is 16.5. The summed E-state index contributed by atoms with van der Waals surface area (Å²) in [5.74, 6) is 0.772. The summed E-state index contributed by atoms with van der Waals surface area (Å²) >= 11 is 0. The number of rotatable bonds is 5. The van der Waals surface area contributed by atoms with Gasteiger partial charge in [-0.25, -0.2) is 0 Å². The molecule has 3 atom stereocenters. The average Bonchev–Trinajstić information content (AvgIpc) is 2.62. The summed E-state index contributed by atoms with van der Waals surface area (Å²) < 4.78 is 5.79. The van der Waals surface area contributed by atoms with Crippen LogP contribution in [0.4, 0.5) is 0 Å². The second-order valence-corrected chi connectivity index (χ2v) is 7.05. The van der Waals surface area contributed by atoms with E-state index in [9.17, 15) is 4.79 Å². The van der Waals surface area contributed by atoms with Crippen LogP contribution < -0.4 is 0 Å². The van der Waals surface area contributed by atoms with Gasteiger partial charge in [0.05, 0.1) is 0 Å². The third kappa shape index (κ3) is 2.08. The van der Waals surface area contributed by atoms with Gasteiger partial charge in [-0.05, 0) is 37.0 Å². The van der Waals surface area contributed by atoms with Gasteiger partial charge in [0.1, 0.15) is 6.10 Å². The van der Waals surface area contributed by atoms with Gasteiger partial charge in [-0.2, -0.15) is 0 Å². The quantitative estimate of drug-likeness (QED) is 0.538. The second-order valence-electron chi connectivity index (χ2n) is 7.05. The minimum Gasteiger partial charge on any atom is -0.462 e. The zero-order valence-corrected chi connectivity index (χ0v) is 12.4. The van der Waals surface area contributed by atoms with E-state index < -0.39 is 0 Å². The summed E-state index contributed by atoms with van der Waals surface area (Å²) in [5, 5.41) is 0. The Balaban J connectivity index is 1.90. The van der Waals surface area contributed by atoms with Crippen LogP contribution in [-0.4, -0.2) is 12.1 Å². The number of carbonyl (C=O) groups excluding carboxylic acids is 1. The molecule has 2 saturated carbocycles. The van der Waals surface area contributed by atoms with Gasteiger partial charge in [-0.3, -0.25) is 4.79 Å². The Labute approximate surface area is 111 Å². The zero-order valence-electron chi connectivity index (χ0n) is 12.4. The highest BCUT2D eigenvalue weighted by Gasteiger charge is 2.62. The molecule has 2 nitrogen and oxygen atoms in total. The number of ether oxygens (including phenoxy) is 1. The van der Waals surface area contributed by atoms with Gasteiger partial charge in [-0.1, -0.05) is 40.5 Å². The molecule has 0 amide bonds. The van der Waals surface area contributed by atoms with Crippen molar-refractivity contribution >= 4 is 5.97 Å². The Morgan fingerprint density at radius 2 is 2.00 bits per heavy atom. The Hall–Kier alpha value is -0.530. The van der Waals surface area contributed by atoms with Crippen molar-refractivity contribution in [2.24, 2.45) is 16.7 Å². The SMILES string of the molecule is CCCCCC(=O)O[C@@H]1CC2CCC1(C)C2(C)C. The lowest BCUT2D eigenvalue weighted by Gasteiger charge is -2.38. The maximum atomic E-state index is 11.9. The maximum absolute atomic E-state index is 11.9. The van der Waals surface area contributed by atoms with E-state index in [0.29, 0.717) is 11.8 Å². The Morgan fingerprint density at radius 1 is 1.28 bits per heavy atom. The zero-order chi connectivity index (χ0) is 13.4. The van der Waals surface area contributed by atoms with E-state index in [-0.39, 0.29) is 17.5 Å². The van der Waals surface area contributed by atoms with Crippen LogP contribution in [0.25, 0.3) is 0 Å². The summed E-state index contributed by atoms with van der Waals surface area (Å²) in [5.41, 5.74) is 0.541. The molecule has 2 heteroatoms. The first-order valence-electron chi connectivity index (χ1n) is 7.61. The van der Waals surface area contributed by atoms with Gasteiger partial charge in [-0.15, -0.1) is 0 Å². The minimum absolute atomic E-state index is 0.0259. The van der Waals surface area contributed by atoms with Crippen LogP contribution in [0.15, 0.2) is 0 Å². The minimum atomic E-state index is 0.0259. The van der Waals surface area contributed by atoms with E-state index in [4.69, 9.17) is 4.74 Å². The molecular formula is C16H28O2. The lowest BCUT2D eigenvalue weighted by molar-refractivity contribution is -0.157. The summed E-state index contributed by atoms with van der Waals surface area (Å²) in [4.78, 5) is 11.9. The molecule has 0 radical (unpaired) electrons. The summed E-state index contributed by atoms with van der Waals surface area (Å²) in [6, 6.07) is 0. The van der Waals surface area contributed by atoms with Crippen molar-refractivity contribution in [1.82, 2.24) is 0 Å². The molecular weight excluding hydrogens is 224 g/mol. The van der Waals surface area contributed by atoms with E-state index in [2.05, 4.69) is 27.7 Å². The summed E-state index contributed by atoms with van der Waals surface area (Å²) in [7, 11) is 0. The fourth-order valence-corrected chi connectivity index (χ4v) is 4.05. The second kappa shape index (κ2) is 4.86. The number of fused-ring (bicyclic) bond motifs is 2. The fraction of sp³-hybridized carbons (Fsp3) is 0.938. The summed E-state index contributed by atoms with van der Waals surface area (Å²) in [6.07, 6.45) is 7.65. The molecule has 2 aliphatic rings. The largest absolute Gasteiger partial charge is 0.462 e. The number of carbonyl (C=O) groups is 1. The standard InChI is InChI=1S/C16H28O2/c1-5-6-7-8-14(17)18-13-11-12-9-10-16(13,4)15(12,2)3/h12-13H,5-11H2,1-4H3/t12?,13-,16?/m1/s1. The van der Waals surface area contributed by atoms with Gasteiger partial charge < -0.3 is 4.74 Å². The number of hydrogen-bond donors (Lipinski definition) is 0.